The lowest BCUT2D eigenvalue weighted by Crippen LogP contribution is -2.45. The van der Waals surface area contributed by atoms with Crippen molar-refractivity contribution < 1.29 is 4.74 Å². The first-order chi connectivity index (χ1) is 5.29. The summed E-state index contributed by atoms with van der Waals surface area (Å²) in [6.45, 7) is 5.52. The second kappa shape index (κ2) is 2.76. The number of fused-ring (bicyclic) bond motifs is 1. The van der Waals surface area contributed by atoms with Gasteiger partial charge in [0.15, 0.2) is 0 Å². The summed E-state index contributed by atoms with van der Waals surface area (Å²) in [7, 11) is 0. The van der Waals surface area contributed by atoms with E-state index in [1.165, 1.54) is 19.3 Å². The highest BCUT2D eigenvalue weighted by Crippen LogP contribution is 2.30. The molecule has 0 radical (unpaired) electrons. The van der Waals surface area contributed by atoms with Gasteiger partial charge < -0.3 is 4.74 Å². The van der Waals surface area contributed by atoms with Crippen LogP contribution in [0.2, 0.25) is 0 Å². The molecule has 0 spiro atoms. The fourth-order valence-electron chi connectivity index (χ4n) is 2.39. The molecule has 3 unspecified atom stereocenters. The molecule has 0 aliphatic carbocycles. The monoisotopic (exact) mass is 155 g/mol. The lowest BCUT2D eigenvalue weighted by Gasteiger charge is -2.36. The topological polar surface area (TPSA) is 12.5 Å². The Kier molecular flexibility index (Phi) is 1.90. The van der Waals surface area contributed by atoms with Crippen molar-refractivity contribution in [2.45, 2.75) is 51.4 Å². The molecule has 0 bridgehead atoms. The average Bonchev–Trinajstić information content (AvgIpc) is 2.34. The Hall–Kier alpha value is -0.0800. The second-order valence-electron chi connectivity index (χ2n) is 3.86. The molecule has 2 heteroatoms. The van der Waals surface area contributed by atoms with Gasteiger partial charge in [0.25, 0.3) is 0 Å². The van der Waals surface area contributed by atoms with Crippen LogP contribution in [0, 0.1) is 0 Å². The molecule has 2 saturated heterocycles. The van der Waals surface area contributed by atoms with Gasteiger partial charge in [-0.3, -0.25) is 4.90 Å². The van der Waals surface area contributed by atoms with Gasteiger partial charge >= 0.3 is 0 Å². The van der Waals surface area contributed by atoms with E-state index in [0.717, 1.165) is 12.6 Å². The molecule has 2 heterocycles. The van der Waals surface area contributed by atoms with Crippen molar-refractivity contribution in [3.05, 3.63) is 0 Å². The Morgan fingerprint density at radius 3 is 2.73 bits per heavy atom. The van der Waals surface area contributed by atoms with Crippen molar-refractivity contribution in [3.63, 3.8) is 0 Å². The number of hydrogen-bond acceptors (Lipinski definition) is 2. The molecule has 0 aromatic carbocycles. The summed E-state index contributed by atoms with van der Waals surface area (Å²) in [5, 5.41) is 0. The Balaban J connectivity index is 2.08. The zero-order chi connectivity index (χ0) is 7.84. The minimum Gasteiger partial charge on any atom is -0.362 e. The molecule has 3 atom stereocenters. The molecule has 64 valence electrons. The molecular formula is C9H17NO. The summed E-state index contributed by atoms with van der Waals surface area (Å²) in [6, 6.07) is 1.39. The van der Waals surface area contributed by atoms with Crippen LogP contribution in [-0.4, -0.2) is 29.8 Å². The van der Waals surface area contributed by atoms with Crippen molar-refractivity contribution in [2.24, 2.45) is 0 Å². The molecule has 0 saturated carbocycles. The zero-order valence-electron chi connectivity index (χ0n) is 7.42. The van der Waals surface area contributed by atoms with Crippen LogP contribution >= 0.6 is 0 Å². The van der Waals surface area contributed by atoms with Gasteiger partial charge in [0.05, 0.1) is 6.61 Å². The van der Waals surface area contributed by atoms with E-state index in [4.69, 9.17) is 4.74 Å². The summed E-state index contributed by atoms with van der Waals surface area (Å²) >= 11 is 0. The van der Waals surface area contributed by atoms with Crippen molar-refractivity contribution in [1.82, 2.24) is 4.90 Å². The van der Waals surface area contributed by atoms with Crippen LogP contribution in [0.4, 0.5) is 0 Å². The maximum atomic E-state index is 5.67. The molecule has 0 aromatic heterocycles. The van der Waals surface area contributed by atoms with Crippen molar-refractivity contribution in [3.8, 4) is 0 Å². The minimum absolute atomic E-state index is 0.453. The number of ether oxygens (including phenoxy) is 1. The van der Waals surface area contributed by atoms with Gasteiger partial charge in [0.1, 0.15) is 6.23 Å². The molecule has 0 N–H and O–H groups in total. The third-order valence-electron chi connectivity index (χ3n) is 2.95. The van der Waals surface area contributed by atoms with Crippen LogP contribution in [0.3, 0.4) is 0 Å². The van der Waals surface area contributed by atoms with Crippen molar-refractivity contribution in [2.75, 3.05) is 6.61 Å². The molecule has 2 aliphatic rings. The van der Waals surface area contributed by atoms with E-state index >= 15 is 0 Å². The van der Waals surface area contributed by atoms with Crippen molar-refractivity contribution in [1.29, 1.82) is 0 Å². The van der Waals surface area contributed by atoms with Crippen LogP contribution in [-0.2, 0) is 4.74 Å². The second-order valence-corrected chi connectivity index (χ2v) is 3.86. The van der Waals surface area contributed by atoms with Crippen LogP contribution in [0.1, 0.15) is 33.1 Å². The first kappa shape index (κ1) is 7.56. The average molecular weight is 155 g/mol. The number of nitrogens with zero attached hydrogens (tertiary/aromatic N) is 1. The predicted octanol–water partition coefficient (Wildman–Crippen LogP) is 1.61. The summed E-state index contributed by atoms with van der Waals surface area (Å²) in [6.07, 6.45) is 4.39. The maximum Gasteiger partial charge on any atom is 0.111 e. The molecule has 2 rings (SSSR count). The van der Waals surface area contributed by atoms with E-state index < -0.39 is 0 Å². The molecule has 0 aromatic rings. The highest BCUT2D eigenvalue weighted by atomic mass is 16.5. The predicted molar refractivity (Wildman–Crippen MR) is 44.4 cm³/mol. The molecule has 2 aliphatic heterocycles. The minimum atomic E-state index is 0.453. The van der Waals surface area contributed by atoms with Crippen LogP contribution in [0.5, 0.6) is 0 Å². The first-order valence-electron chi connectivity index (χ1n) is 4.68. The van der Waals surface area contributed by atoms with Crippen LogP contribution < -0.4 is 0 Å². The smallest absolute Gasteiger partial charge is 0.111 e. The molecule has 2 fully saturated rings. The zero-order valence-corrected chi connectivity index (χ0v) is 7.42. The fraction of sp³-hybridized carbons (Fsp3) is 1.00. The van der Waals surface area contributed by atoms with Crippen LogP contribution in [0.15, 0.2) is 0 Å². The van der Waals surface area contributed by atoms with Gasteiger partial charge in [-0.1, -0.05) is 0 Å². The summed E-state index contributed by atoms with van der Waals surface area (Å²) in [4.78, 5) is 2.53. The van der Waals surface area contributed by atoms with E-state index in [9.17, 15) is 0 Å². The largest absolute Gasteiger partial charge is 0.362 e. The van der Waals surface area contributed by atoms with Gasteiger partial charge in [0.2, 0.25) is 0 Å². The Morgan fingerprint density at radius 1 is 1.18 bits per heavy atom. The van der Waals surface area contributed by atoms with E-state index in [1.54, 1.807) is 0 Å². The van der Waals surface area contributed by atoms with Gasteiger partial charge in [-0.15, -0.1) is 0 Å². The third-order valence-corrected chi connectivity index (χ3v) is 2.95. The van der Waals surface area contributed by atoms with Crippen LogP contribution in [0.25, 0.3) is 0 Å². The first-order valence-corrected chi connectivity index (χ1v) is 4.68. The molecule has 0 amide bonds. The van der Waals surface area contributed by atoms with E-state index in [0.29, 0.717) is 12.3 Å². The lowest BCUT2D eigenvalue weighted by molar-refractivity contribution is -0.0196. The van der Waals surface area contributed by atoms with Gasteiger partial charge in [-0.25, -0.2) is 0 Å². The standard InChI is InChI=1S/C9H17NO/c1-7-4-3-5-9-10(7)8(2)6-11-9/h7-9H,3-6H2,1-2H3. The summed E-state index contributed by atoms with van der Waals surface area (Å²) < 4.78 is 5.67. The Morgan fingerprint density at radius 2 is 2.00 bits per heavy atom. The summed E-state index contributed by atoms with van der Waals surface area (Å²) in [5.74, 6) is 0. The fourth-order valence-corrected chi connectivity index (χ4v) is 2.39. The highest BCUT2D eigenvalue weighted by Gasteiger charge is 2.36. The van der Waals surface area contributed by atoms with Gasteiger partial charge in [-0.2, -0.15) is 0 Å². The molecule has 2 nitrogen and oxygen atoms in total. The molecular weight excluding hydrogens is 138 g/mol. The van der Waals surface area contributed by atoms with Gasteiger partial charge in [0, 0.05) is 12.1 Å². The number of rotatable bonds is 0. The normalized spacial score (nSPS) is 45.8. The highest BCUT2D eigenvalue weighted by molar-refractivity contribution is 4.85. The number of piperidine rings is 1. The quantitative estimate of drug-likeness (QED) is 0.527. The Labute approximate surface area is 68.5 Å². The lowest BCUT2D eigenvalue weighted by atomic mass is 10.0. The van der Waals surface area contributed by atoms with Crippen molar-refractivity contribution >= 4 is 0 Å². The maximum absolute atomic E-state index is 5.67. The number of hydrogen-bond donors (Lipinski definition) is 0. The molecule has 11 heavy (non-hydrogen) atoms. The summed E-state index contributed by atoms with van der Waals surface area (Å²) in [5.41, 5.74) is 0. The Bertz CT molecular complexity index is 146. The van der Waals surface area contributed by atoms with Gasteiger partial charge in [-0.05, 0) is 33.1 Å². The third kappa shape index (κ3) is 1.18. The van der Waals surface area contributed by atoms with E-state index in [2.05, 4.69) is 18.7 Å². The van der Waals surface area contributed by atoms with E-state index in [1.807, 2.05) is 0 Å². The SMILES string of the molecule is CC1CCCC2OCC(C)N12. The van der Waals surface area contributed by atoms with E-state index in [-0.39, 0.29) is 0 Å².